The van der Waals surface area contributed by atoms with Gasteiger partial charge < -0.3 is 9.52 Å². The second-order valence-electron chi connectivity index (χ2n) is 6.98. The standard InChI is InChI=1S/C22H25NO4S/c1-16-9-12-20(13-10-16)28(25,26)23(15-19-7-5-4-6-8-19)18(3)22(24)21-14-11-17(2)27-21/h4-14,18,22,24H,15H2,1-3H3/t18-,22-/m0/s1. The SMILES string of the molecule is Cc1ccc(S(=O)(=O)N(Cc2ccccc2)[C@@H](C)[C@H](O)c2ccc(C)o2)cc1. The molecule has 0 radical (unpaired) electrons. The zero-order valence-electron chi connectivity index (χ0n) is 16.2. The molecule has 148 valence electrons. The first-order chi connectivity index (χ1) is 13.3. The van der Waals surface area contributed by atoms with Gasteiger partial charge >= 0.3 is 0 Å². The van der Waals surface area contributed by atoms with Crippen LogP contribution in [0.5, 0.6) is 0 Å². The Hall–Kier alpha value is -2.41. The van der Waals surface area contributed by atoms with Crippen LogP contribution in [0.15, 0.2) is 76.0 Å². The lowest BCUT2D eigenvalue weighted by Gasteiger charge is -2.31. The molecule has 0 saturated heterocycles. The maximum absolute atomic E-state index is 13.4. The van der Waals surface area contributed by atoms with E-state index in [9.17, 15) is 13.5 Å². The second-order valence-corrected chi connectivity index (χ2v) is 8.87. The number of hydrogen-bond acceptors (Lipinski definition) is 4. The fourth-order valence-corrected chi connectivity index (χ4v) is 4.69. The van der Waals surface area contributed by atoms with Gasteiger partial charge in [-0.1, -0.05) is 48.0 Å². The maximum atomic E-state index is 13.4. The Morgan fingerprint density at radius 3 is 2.18 bits per heavy atom. The van der Waals surface area contributed by atoms with Crippen LogP contribution < -0.4 is 0 Å². The summed E-state index contributed by atoms with van der Waals surface area (Å²) in [7, 11) is -3.83. The van der Waals surface area contributed by atoms with E-state index in [1.807, 2.05) is 37.3 Å². The van der Waals surface area contributed by atoms with Gasteiger partial charge in [-0.25, -0.2) is 8.42 Å². The minimum atomic E-state index is -3.83. The predicted molar refractivity (Wildman–Crippen MR) is 108 cm³/mol. The lowest BCUT2D eigenvalue weighted by Crippen LogP contribution is -2.41. The maximum Gasteiger partial charge on any atom is 0.243 e. The Balaban J connectivity index is 2.00. The third-order valence-electron chi connectivity index (χ3n) is 4.77. The molecule has 1 heterocycles. The molecule has 2 aromatic carbocycles. The largest absolute Gasteiger partial charge is 0.464 e. The van der Waals surface area contributed by atoms with Crippen LogP contribution in [0.4, 0.5) is 0 Å². The van der Waals surface area contributed by atoms with E-state index in [0.29, 0.717) is 11.5 Å². The van der Waals surface area contributed by atoms with Crippen LogP contribution in [0.1, 0.15) is 35.7 Å². The molecular weight excluding hydrogens is 374 g/mol. The average Bonchev–Trinajstić information content (AvgIpc) is 3.12. The summed E-state index contributed by atoms with van der Waals surface area (Å²) in [5, 5.41) is 10.8. The summed E-state index contributed by atoms with van der Waals surface area (Å²) < 4.78 is 33.7. The van der Waals surface area contributed by atoms with Crippen molar-refractivity contribution in [2.75, 3.05) is 0 Å². The molecule has 0 fully saturated rings. The van der Waals surface area contributed by atoms with E-state index in [1.165, 1.54) is 4.31 Å². The highest BCUT2D eigenvalue weighted by atomic mass is 32.2. The van der Waals surface area contributed by atoms with Crippen molar-refractivity contribution in [3.8, 4) is 0 Å². The molecule has 0 spiro atoms. The van der Waals surface area contributed by atoms with E-state index in [1.54, 1.807) is 50.2 Å². The summed E-state index contributed by atoms with van der Waals surface area (Å²) >= 11 is 0. The van der Waals surface area contributed by atoms with Crippen LogP contribution in [0.25, 0.3) is 0 Å². The van der Waals surface area contributed by atoms with Crippen LogP contribution in [0.2, 0.25) is 0 Å². The van der Waals surface area contributed by atoms with Crippen molar-refractivity contribution in [1.82, 2.24) is 4.31 Å². The highest BCUT2D eigenvalue weighted by molar-refractivity contribution is 7.89. The van der Waals surface area contributed by atoms with Gasteiger partial charge in [-0.15, -0.1) is 0 Å². The molecule has 0 aliphatic rings. The summed E-state index contributed by atoms with van der Waals surface area (Å²) in [4.78, 5) is 0.198. The van der Waals surface area contributed by atoms with Crippen molar-refractivity contribution in [1.29, 1.82) is 0 Å². The van der Waals surface area contributed by atoms with Crippen LogP contribution in [0.3, 0.4) is 0 Å². The van der Waals surface area contributed by atoms with Gasteiger partial charge in [0.2, 0.25) is 10.0 Å². The lowest BCUT2D eigenvalue weighted by atomic mass is 10.1. The second kappa shape index (κ2) is 8.31. The number of sulfonamides is 1. The number of aliphatic hydroxyl groups excluding tert-OH is 1. The summed E-state index contributed by atoms with van der Waals surface area (Å²) in [5.74, 6) is 1.01. The molecule has 6 heteroatoms. The summed E-state index contributed by atoms with van der Waals surface area (Å²) in [6.45, 7) is 5.53. The van der Waals surface area contributed by atoms with Gasteiger partial charge in [0.05, 0.1) is 10.9 Å². The molecule has 0 unspecified atom stereocenters. The van der Waals surface area contributed by atoms with Gasteiger partial charge in [0.25, 0.3) is 0 Å². The first kappa shape index (κ1) is 20.3. The van der Waals surface area contributed by atoms with E-state index >= 15 is 0 Å². The third-order valence-corrected chi connectivity index (χ3v) is 6.72. The average molecular weight is 400 g/mol. The Labute approximate surface area is 166 Å². The molecule has 0 aliphatic carbocycles. The van der Waals surface area contributed by atoms with E-state index in [4.69, 9.17) is 4.42 Å². The summed E-state index contributed by atoms with van der Waals surface area (Å²) in [6.07, 6.45) is -1.09. The van der Waals surface area contributed by atoms with E-state index in [2.05, 4.69) is 0 Å². The molecule has 5 nitrogen and oxygen atoms in total. The smallest absolute Gasteiger partial charge is 0.243 e. The Morgan fingerprint density at radius 1 is 0.964 bits per heavy atom. The predicted octanol–water partition coefficient (Wildman–Crippen LogP) is 4.21. The normalized spacial score (nSPS) is 14.2. The molecule has 1 N–H and O–H groups in total. The van der Waals surface area contributed by atoms with Gasteiger partial charge in [-0.05, 0) is 50.6 Å². The fraction of sp³-hybridized carbons (Fsp3) is 0.273. The number of nitrogens with zero attached hydrogens (tertiary/aromatic N) is 1. The van der Waals surface area contributed by atoms with E-state index < -0.39 is 22.2 Å². The van der Waals surface area contributed by atoms with Gasteiger partial charge in [-0.2, -0.15) is 4.31 Å². The number of benzene rings is 2. The summed E-state index contributed by atoms with van der Waals surface area (Å²) in [6, 6.07) is 18.8. The van der Waals surface area contributed by atoms with Crippen molar-refractivity contribution in [3.05, 3.63) is 89.4 Å². The topological polar surface area (TPSA) is 70.8 Å². The number of furan rings is 1. The van der Waals surface area contributed by atoms with Gasteiger partial charge in [0, 0.05) is 6.54 Å². The van der Waals surface area contributed by atoms with E-state index in [-0.39, 0.29) is 11.4 Å². The van der Waals surface area contributed by atoms with Crippen molar-refractivity contribution in [3.63, 3.8) is 0 Å². The monoisotopic (exact) mass is 399 g/mol. The van der Waals surface area contributed by atoms with Crippen molar-refractivity contribution < 1.29 is 17.9 Å². The molecule has 28 heavy (non-hydrogen) atoms. The molecule has 0 amide bonds. The number of aryl methyl sites for hydroxylation is 2. The van der Waals surface area contributed by atoms with Crippen molar-refractivity contribution in [2.45, 2.75) is 44.4 Å². The zero-order chi connectivity index (χ0) is 20.3. The van der Waals surface area contributed by atoms with E-state index in [0.717, 1.165) is 11.1 Å². The molecule has 0 aliphatic heterocycles. The summed E-state index contributed by atoms with van der Waals surface area (Å²) in [5.41, 5.74) is 1.82. The molecule has 1 aromatic heterocycles. The zero-order valence-corrected chi connectivity index (χ0v) is 17.1. The minimum Gasteiger partial charge on any atom is -0.464 e. The molecule has 3 aromatic rings. The van der Waals surface area contributed by atoms with Crippen molar-refractivity contribution in [2.24, 2.45) is 0 Å². The Bertz CT molecular complexity index is 1010. The molecular formula is C22H25NO4S. The van der Waals surface area contributed by atoms with Gasteiger partial charge in [0.15, 0.2) is 0 Å². The molecule has 0 saturated carbocycles. The first-order valence-corrected chi connectivity index (χ1v) is 10.6. The minimum absolute atomic E-state index is 0.148. The first-order valence-electron chi connectivity index (χ1n) is 9.16. The quantitative estimate of drug-likeness (QED) is 0.646. The highest BCUT2D eigenvalue weighted by Crippen LogP contribution is 2.29. The molecule has 0 bridgehead atoms. The molecule has 3 rings (SSSR count). The fourth-order valence-electron chi connectivity index (χ4n) is 3.06. The number of hydrogen-bond donors (Lipinski definition) is 1. The third kappa shape index (κ3) is 4.35. The Kier molecular flexibility index (Phi) is 6.03. The van der Waals surface area contributed by atoms with Crippen LogP contribution >= 0.6 is 0 Å². The lowest BCUT2D eigenvalue weighted by molar-refractivity contribution is 0.0761. The van der Waals surface area contributed by atoms with Crippen LogP contribution in [-0.4, -0.2) is 23.9 Å². The molecule has 2 atom stereocenters. The van der Waals surface area contributed by atoms with Crippen LogP contribution in [0, 0.1) is 13.8 Å². The number of rotatable bonds is 7. The van der Waals surface area contributed by atoms with Crippen LogP contribution in [-0.2, 0) is 16.6 Å². The number of aliphatic hydroxyl groups is 1. The highest BCUT2D eigenvalue weighted by Gasteiger charge is 2.34. The van der Waals surface area contributed by atoms with Crippen molar-refractivity contribution >= 4 is 10.0 Å². The van der Waals surface area contributed by atoms with Gasteiger partial charge in [-0.3, -0.25) is 0 Å². The Morgan fingerprint density at radius 2 is 1.61 bits per heavy atom. The van der Waals surface area contributed by atoms with Gasteiger partial charge in [0.1, 0.15) is 17.6 Å².